The van der Waals surface area contributed by atoms with Gasteiger partial charge in [0.15, 0.2) is 4.90 Å². The molecule has 154 valence electrons. The average molecular weight is 434 g/mol. The summed E-state index contributed by atoms with van der Waals surface area (Å²) >= 11 is 0. The zero-order valence-corrected chi connectivity index (χ0v) is 15.2. The summed E-state index contributed by atoms with van der Waals surface area (Å²) in [7, 11) is -4.69. The van der Waals surface area contributed by atoms with Gasteiger partial charge in [-0.15, -0.1) is 0 Å². The summed E-state index contributed by atoms with van der Waals surface area (Å²) in [4.78, 5) is 10.7. The third-order valence-electron chi connectivity index (χ3n) is 4.05. The van der Waals surface area contributed by atoms with Crippen molar-refractivity contribution in [2.45, 2.75) is 18.0 Å². The van der Waals surface area contributed by atoms with E-state index in [2.05, 4.69) is 0 Å². The molecular formula is C17H11F5N2O4S. The van der Waals surface area contributed by atoms with E-state index >= 15 is 0 Å². The monoisotopic (exact) mass is 434 g/mol. The standard InChI is InChI=1S/C17H11F5N2O4S/c1-8-4-10(2-3-11(8)17(20,21)22)24-14(7-28-16(24)25)9-5-12(18)15(13(19)6-9)29(23,26)27/h2-7H,1H3,(H2,23,26,27). The number of aryl methyl sites for hydroxylation is 1. The first-order chi connectivity index (χ1) is 13.3. The minimum atomic E-state index is -4.69. The fourth-order valence-electron chi connectivity index (χ4n) is 2.84. The number of hydrogen-bond donors (Lipinski definition) is 1. The van der Waals surface area contributed by atoms with E-state index in [-0.39, 0.29) is 22.5 Å². The summed E-state index contributed by atoms with van der Waals surface area (Å²) < 4.78 is 95.2. The minimum absolute atomic E-state index is 0.0550. The number of benzene rings is 2. The van der Waals surface area contributed by atoms with E-state index in [9.17, 15) is 35.2 Å². The van der Waals surface area contributed by atoms with Gasteiger partial charge in [-0.25, -0.2) is 31.7 Å². The molecular weight excluding hydrogens is 423 g/mol. The molecule has 0 spiro atoms. The predicted molar refractivity (Wildman–Crippen MR) is 90.8 cm³/mol. The summed E-state index contributed by atoms with van der Waals surface area (Å²) in [6.07, 6.45) is -3.78. The molecule has 0 unspecified atom stereocenters. The van der Waals surface area contributed by atoms with Crippen molar-refractivity contribution < 1.29 is 34.8 Å². The second kappa shape index (κ2) is 6.81. The maximum Gasteiger partial charge on any atom is 0.424 e. The quantitative estimate of drug-likeness (QED) is 0.640. The number of oxazole rings is 1. The number of nitrogens with two attached hydrogens (primary N) is 1. The number of nitrogens with zero attached hydrogens (tertiary/aromatic N) is 1. The van der Waals surface area contributed by atoms with Crippen molar-refractivity contribution in [3.05, 3.63) is 69.9 Å². The van der Waals surface area contributed by atoms with Crippen LogP contribution in [0.15, 0.2) is 50.7 Å². The highest BCUT2D eigenvalue weighted by molar-refractivity contribution is 7.89. The summed E-state index contributed by atoms with van der Waals surface area (Å²) in [6, 6.07) is 4.01. The molecule has 0 radical (unpaired) electrons. The Bertz CT molecular complexity index is 1250. The van der Waals surface area contributed by atoms with Gasteiger partial charge in [0.25, 0.3) is 0 Å². The molecule has 2 aromatic carbocycles. The molecule has 0 bridgehead atoms. The lowest BCUT2D eigenvalue weighted by Crippen LogP contribution is -2.17. The number of hydrogen-bond acceptors (Lipinski definition) is 4. The molecule has 1 heterocycles. The topological polar surface area (TPSA) is 95.3 Å². The van der Waals surface area contributed by atoms with Gasteiger partial charge in [-0.3, -0.25) is 0 Å². The molecule has 3 aromatic rings. The molecule has 0 saturated carbocycles. The van der Waals surface area contributed by atoms with Gasteiger partial charge >= 0.3 is 11.9 Å². The van der Waals surface area contributed by atoms with Crippen LogP contribution < -0.4 is 10.9 Å². The number of sulfonamides is 1. The van der Waals surface area contributed by atoms with Crippen LogP contribution in [-0.4, -0.2) is 13.0 Å². The Balaban J connectivity index is 2.20. The molecule has 0 amide bonds. The normalized spacial score (nSPS) is 12.4. The van der Waals surface area contributed by atoms with Gasteiger partial charge in [0.2, 0.25) is 10.0 Å². The lowest BCUT2D eigenvalue weighted by atomic mass is 10.1. The Hall–Kier alpha value is -2.99. The molecule has 0 aliphatic carbocycles. The van der Waals surface area contributed by atoms with E-state index in [0.29, 0.717) is 12.1 Å². The largest absolute Gasteiger partial charge is 0.424 e. The predicted octanol–water partition coefficient (Wildman–Crippen LogP) is 3.35. The molecule has 29 heavy (non-hydrogen) atoms. The minimum Gasteiger partial charge on any atom is -0.415 e. The summed E-state index contributed by atoms with van der Waals surface area (Å²) in [5.74, 6) is -4.05. The van der Waals surface area contributed by atoms with Crippen molar-refractivity contribution in [3.63, 3.8) is 0 Å². The van der Waals surface area contributed by atoms with Crippen molar-refractivity contribution in [1.29, 1.82) is 0 Å². The summed E-state index contributed by atoms with van der Waals surface area (Å²) in [5, 5.41) is 4.76. The second-order valence-corrected chi connectivity index (χ2v) is 7.53. The SMILES string of the molecule is Cc1cc(-n2c(-c3cc(F)c(S(N)(=O)=O)c(F)c3)coc2=O)ccc1C(F)(F)F. The van der Waals surface area contributed by atoms with Crippen molar-refractivity contribution in [2.75, 3.05) is 0 Å². The van der Waals surface area contributed by atoms with Crippen molar-refractivity contribution in [3.8, 4) is 16.9 Å². The maximum absolute atomic E-state index is 14.1. The molecule has 12 heteroatoms. The molecule has 6 nitrogen and oxygen atoms in total. The molecule has 1 aromatic heterocycles. The Kier molecular flexibility index (Phi) is 4.87. The molecule has 0 saturated heterocycles. The van der Waals surface area contributed by atoms with Crippen LogP contribution in [0.4, 0.5) is 22.0 Å². The number of alkyl halides is 3. The fourth-order valence-corrected chi connectivity index (χ4v) is 3.50. The third kappa shape index (κ3) is 3.80. The molecule has 2 N–H and O–H groups in total. The zero-order valence-electron chi connectivity index (χ0n) is 14.4. The smallest absolute Gasteiger partial charge is 0.415 e. The first-order valence-corrected chi connectivity index (χ1v) is 9.26. The van der Waals surface area contributed by atoms with Gasteiger partial charge in [0, 0.05) is 5.56 Å². The molecule has 3 rings (SSSR count). The molecule has 0 fully saturated rings. The van der Waals surface area contributed by atoms with E-state index in [4.69, 9.17) is 9.56 Å². The highest BCUT2D eigenvalue weighted by Gasteiger charge is 2.32. The van der Waals surface area contributed by atoms with Crippen LogP contribution in [0.3, 0.4) is 0 Å². The molecule has 0 aliphatic heterocycles. The van der Waals surface area contributed by atoms with E-state index in [1.54, 1.807) is 0 Å². The van der Waals surface area contributed by atoms with Gasteiger partial charge in [-0.05, 0) is 42.8 Å². The zero-order chi connectivity index (χ0) is 21.7. The van der Waals surface area contributed by atoms with Crippen LogP contribution in [0.5, 0.6) is 0 Å². The first-order valence-electron chi connectivity index (χ1n) is 7.71. The van der Waals surface area contributed by atoms with E-state index in [1.807, 2.05) is 0 Å². The number of primary sulfonamides is 1. The molecule has 0 aliphatic rings. The summed E-state index contributed by atoms with van der Waals surface area (Å²) in [5.41, 5.74) is -1.69. The van der Waals surface area contributed by atoms with Crippen LogP contribution in [0.25, 0.3) is 16.9 Å². The van der Waals surface area contributed by atoms with Crippen molar-refractivity contribution >= 4 is 10.0 Å². The van der Waals surface area contributed by atoms with Gasteiger partial charge in [-0.2, -0.15) is 13.2 Å². The Morgan fingerprint density at radius 1 is 1.07 bits per heavy atom. The number of halogens is 5. The van der Waals surface area contributed by atoms with Gasteiger partial charge < -0.3 is 4.42 Å². The van der Waals surface area contributed by atoms with Crippen LogP contribution in [0.1, 0.15) is 11.1 Å². The van der Waals surface area contributed by atoms with Crippen LogP contribution in [0, 0.1) is 18.6 Å². The average Bonchev–Trinajstić information content (AvgIpc) is 2.93. The Morgan fingerprint density at radius 2 is 1.66 bits per heavy atom. The second-order valence-electron chi connectivity index (χ2n) is 6.03. The molecule has 0 atom stereocenters. The number of aromatic nitrogens is 1. The highest BCUT2D eigenvalue weighted by Crippen LogP contribution is 2.33. The van der Waals surface area contributed by atoms with Crippen LogP contribution >= 0.6 is 0 Å². The maximum atomic E-state index is 14.1. The van der Waals surface area contributed by atoms with Crippen LogP contribution in [0.2, 0.25) is 0 Å². The lowest BCUT2D eigenvalue weighted by Gasteiger charge is -2.13. The van der Waals surface area contributed by atoms with Crippen molar-refractivity contribution in [2.24, 2.45) is 5.14 Å². The van der Waals surface area contributed by atoms with E-state index in [1.165, 1.54) is 6.92 Å². The van der Waals surface area contributed by atoms with Gasteiger partial charge in [-0.1, -0.05) is 0 Å². The third-order valence-corrected chi connectivity index (χ3v) is 5.01. The number of rotatable bonds is 3. The van der Waals surface area contributed by atoms with Gasteiger partial charge in [0.05, 0.1) is 16.9 Å². The van der Waals surface area contributed by atoms with Gasteiger partial charge in [0.1, 0.15) is 17.9 Å². The first kappa shape index (κ1) is 20.7. The summed E-state index contributed by atoms with van der Waals surface area (Å²) in [6.45, 7) is 1.18. The highest BCUT2D eigenvalue weighted by atomic mass is 32.2. The van der Waals surface area contributed by atoms with Crippen LogP contribution in [-0.2, 0) is 16.2 Å². The van der Waals surface area contributed by atoms with Crippen molar-refractivity contribution in [1.82, 2.24) is 4.57 Å². The van der Waals surface area contributed by atoms with E-state index < -0.39 is 44.0 Å². The fraction of sp³-hybridized carbons (Fsp3) is 0.118. The lowest BCUT2D eigenvalue weighted by molar-refractivity contribution is -0.138. The Labute approximate surface area is 160 Å². The Morgan fingerprint density at radius 3 is 2.14 bits per heavy atom. The van der Waals surface area contributed by atoms with E-state index in [0.717, 1.165) is 29.0 Å².